The minimum absolute atomic E-state index is 0.0233. The third kappa shape index (κ3) is 10.4. The van der Waals surface area contributed by atoms with Crippen LogP contribution in [0.4, 0.5) is 0 Å². The van der Waals surface area contributed by atoms with Gasteiger partial charge in [-0.2, -0.15) is 0 Å². The van der Waals surface area contributed by atoms with E-state index in [1.807, 2.05) is 77.9 Å². The Kier molecular flexibility index (Phi) is 14.8. The van der Waals surface area contributed by atoms with Gasteiger partial charge in [-0.05, 0) is 97.5 Å². The maximum Gasteiger partial charge on any atom is 0.311 e. The number of aliphatic imine (C=N–C) groups is 1. The first-order valence-corrected chi connectivity index (χ1v) is 23.6. The normalized spacial score (nSPS) is 36.4. The number of aliphatic hydroxyl groups excluding tert-OH is 1. The van der Waals surface area contributed by atoms with E-state index < -0.39 is 71.7 Å². The lowest BCUT2D eigenvalue weighted by Gasteiger charge is -2.46. The quantitative estimate of drug-likeness (QED) is 0.176. The number of rotatable bonds is 9. The molecule has 63 heavy (non-hydrogen) atoms. The summed E-state index contributed by atoms with van der Waals surface area (Å²) in [5.41, 5.74) is 5.16. The molecule has 3 unspecified atom stereocenters. The van der Waals surface area contributed by atoms with Gasteiger partial charge in [-0.15, -0.1) is 22.7 Å². The van der Waals surface area contributed by atoms with Crippen molar-refractivity contribution in [2.75, 3.05) is 27.3 Å². The molecule has 4 aliphatic rings. The van der Waals surface area contributed by atoms with Crippen LogP contribution in [0.25, 0.3) is 20.3 Å². The molecule has 13 atom stereocenters. The largest absolute Gasteiger partial charge is 0.458 e. The Hall–Kier alpha value is -3.81. The highest BCUT2D eigenvalue weighted by atomic mass is 32.1. The number of Topliss-reactive ketones (excluding diaryl/α,β-unsaturated/α-hetero) is 1. The lowest BCUT2D eigenvalue weighted by Crippen LogP contribution is -2.58. The summed E-state index contributed by atoms with van der Waals surface area (Å²) < 4.78 is 39.0. The number of pyridine rings is 1. The van der Waals surface area contributed by atoms with Crippen LogP contribution >= 0.6 is 22.7 Å². The molecule has 7 rings (SSSR count). The zero-order chi connectivity index (χ0) is 45.2. The number of esters is 1. The number of cyclic esters (lactones) is 1. The van der Waals surface area contributed by atoms with Crippen LogP contribution in [0.2, 0.25) is 0 Å². The maximum absolute atomic E-state index is 14.6. The average molecular weight is 910 g/mol. The molecule has 3 fully saturated rings. The highest BCUT2D eigenvalue weighted by Gasteiger charge is 2.55. The lowest BCUT2D eigenvalue weighted by molar-refractivity contribution is -0.294. The number of aromatic nitrogens is 1. The number of oxime groups is 1. The first kappa shape index (κ1) is 47.2. The predicted octanol–water partition coefficient (Wildman–Crippen LogP) is 6.46. The van der Waals surface area contributed by atoms with Crippen LogP contribution in [0, 0.1) is 17.8 Å². The Morgan fingerprint density at radius 1 is 0.984 bits per heavy atom. The van der Waals surface area contributed by atoms with E-state index in [0.29, 0.717) is 18.6 Å². The number of ether oxygens (including phenoxy) is 6. The van der Waals surface area contributed by atoms with Crippen molar-refractivity contribution in [1.82, 2.24) is 9.88 Å². The second-order valence-corrected chi connectivity index (χ2v) is 20.3. The standard InChI is InChI=1S/C46H63N5O10S2/c1-10-37-46(7)41(49-44(47)61-46)28(5)39(52)25(2)21-45(6)38(60-43-40(53)32(51(8)9)19-26(3)58-43)20-33(27(4)42(54)59-37)55-22-29(23-56-45)50-57-24-30-14-15-35(62-30)36-17-16-34(63-36)31-13-11-12-18-48-31/h11-18,25-28,32-33,37-38,40-41,43,53H,10,19-24H2,1-9H3,(H2,47,49)/b50-29+/t25-,26-,27-,28+,32+,33-,37-,38-,40-,41?,43?,45+,46?/m1/s1. The molecule has 344 valence electrons. The van der Waals surface area contributed by atoms with Crippen LogP contribution in [0.3, 0.4) is 0 Å². The van der Waals surface area contributed by atoms with E-state index >= 15 is 0 Å². The number of carbonyl (C=O) groups is 2. The van der Waals surface area contributed by atoms with Crippen LogP contribution in [-0.4, -0.2) is 126 Å². The van der Waals surface area contributed by atoms with Gasteiger partial charge in [-0.25, -0.2) is 4.99 Å². The topological polar surface area (TPSA) is 186 Å². The van der Waals surface area contributed by atoms with Gasteiger partial charge in [0.15, 0.2) is 18.5 Å². The summed E-state index contributed by atoms with van der Waals surface area (Å²) in [6.07, 6.45) is -1.55. The van der Waals surface area contributed by atoms with E-state index in [0.717, 1.165) is 25.2 Å². The van der Waals surface area contributed by atoms with Gasteiger partial charge in [0.1, 0.15) is 29.7 Å². The van der Waals surface area contributed by atoms with Crippen LogP contribution < -0.4 is 5.73 Å². The van der Waals surface area contributed by atoms with Crippen LogP contribution in [0.1, 0.15) is 79.0 Å². The second kappa shape index (κ2) is 19.7. The number of amidine groups is 1. The van der Waals surface area contributed by atoms with Gasteiger partial charge in [0.25, 0.3) is 6.02 Å². The number of nitrogens with two attached hydrogens (primary N) is 1. The van der Waals surface area contributed by atoms with Crippen molar-refractivity contribution in [2.24, 2.45) is 33.6 Å². The monoisotopic (exact) mass is 909 g/mol. The van der Waals surface area contributed by atoms with Crippen molar-refractivity contribution < 1.29 is 48.0 Å². The number of nitrogens with zero attached hydrogens (tertiary/aromatic N) is 4. The van der Waals surface area contributed by atoms with Crippen molar-refractivity contribution in [3.8, 4) is 20.3 Å². The fraction of sp³-hybridized carbons (Fsp3) is 0.630. The van der Waals surface area contributed by atoms with Crippen LogP contribution in [0.15, 0.2) is 58.8 Å². The molecule has 7 heterocycles. The summed E-state index contributed by atoms with van der Waals surface area (Å²) in [5, 5.41) is 16.2. The fourth-order valence-corrected chi connectivity index (χ4v) is 11.4. The summed E-state index contributed by atoms with van der Waals surface area (Å²) in [5.74, 6) is -2.66. The minimum atomic E-state index is -1.20. The molecule has 2 bridgehead atoms. The molecule has 3 aromatic rings. The Bertz CT molecular complexity index is 2110. The number of carbonyl (C=O) groups excluding carboxylic acids is 2. The molecule has 15 nitrogen and oxygen atoms in total. The fourth-order valence-electron chi connectivity index (χ4n) is 9.37. The first-order chi connectivity index (χ1) is 30.0. The third-order valence-electron chi connectivity index (χ3n) is 13.1. The molecule has 3 aromatic heterocycles. The van der Waals surface area contributed by atoms with Crippen molar-refractivity contribution in [1.29, 1.82) is 0 Å². The van der Waals surface area contributed by atoms with Crippen LogP contribution in [0.5, 0.6) is 0 Å². The Morgan fingerprint density at radius 2 is 1.73 bits per heavy atom. The van der Waals surface area contributed by atoms with E-state index in [1.54, 1.807) is 42.7 Å². The number of aliphatic hydroxyl groups is 1. The Labute approximate surface area is 378 Å². The molecule has 0 amide bonds. The molecular formula is C46H63N5O10S2. The molecule has 0 radical (unpaired) electrons. The van der Waals surface area contributed by atoms with Gasteiger partial charge in [0.2, 0.25) is 0 Å². The molecule has 4 aliphatic heterocycles. The zero-order valence-electron chi connectivity index (χ0n) is 37.7. The number of ketones is 1. The summed E-state index contributed by atoms with van der Waals surface area (Å²) in [6.45, 7) is 13.1. The third-order valence-corrected chi connectivity index (χ3v) is 15.4. The summed E-state index contributed by atoms with van der Waals surface area (Å²) in [4.78, 5) is 50.2. The molecule has 17 heteroatoms. The Balaban J connectivity index is 1.19. The molecule has 0 spiro atoms. The summed E-state index contributed by atoms with van der Waals surface area (Å²) >= 11 is 3.30. The van der Waals surface area contributed by atoms with Gasteiger partial charge < -0.3 is 49.0 Å². The van der Waals surface area contributed by atoms with E-state index in [9.17, 15) is 14.7 Å². The van der Waals surface area contributed by atoms with E-state index in [1.165, 1.54) is 0 Å². The smallest absolute Gasteiger partial charge is 0.311 e. The highest BCUT2D eigenvalue weighted by Crippen LogP contribution is 2.42. The average Bonchev–Trinajstić information content (AvgIpc) is 4.02. The molecule has 3 saturated heterocycles. The van der Waals surface area contributed by atoms with Crippen molar-refractivity contribution in [3.05, 3.63) is 53.5 Å². The number of likely N-dealkylation sites (N-methyl/N-ethyl adjacent to an activating group) is 1. The van der Waals surface area contributed by atoms with Crippen molar-refractivity contribution in [3.63, 3.8) is 0 Å². The van der Waals surface area contributed by atoms with E-state index in [2.05, 4.69) is 33.3 Å². The van der Waals surface area contributed by atoms with Gasteiger partial charge in [0, 0.05) is 45.1 Å². The number of thiophene rings is 2. The lowest BCUT2D eigenvalue weighted by atomic mass is 9.75. The maximum atomic E-state index is 14.6. The molecule has 0 aliphatic carbocycles. The SMILES string of the molecule is CC[C@H]1OC(=O)[C@H](C)[C@H]2C[C@@H](OC3O[C@H](C)C[C@H](N(C)C)[C@H]3O)[C@](C)(C[C@@H](C)C(=O)[C@H](C)C3N=C(N)OC31C)OC/C(=N/OCc1ccc(-c3ccc(-c4ccccn4)s3)s1)CO2. The van der Waals surface area contributed by atoms with E-state index in [-0.39, 0.29) is 56.6 Å². The minimum Gasteiger partial charge on any atom is -0.458 e. The highest BCUT2D eigenvalue weighted by molar-refractivity contribution is 7.23. The molecule has 0 aromatic carbocycles. The zero-order valence-corrected chi connectivity index (χ0v) is 39.4. The van der Waals surface area contributed by atoms with Gasteiger partial charge in [-0.3, -0.25) is 14.6 Å². The molecule has 3 N–H and O–H groups in total. The van der Waals surface area contributed by atoms with Crippen molar-refractivity contribution >= 4 is 46.2 Å². The number of fused-ring (bicyclic) bond motifs is 4. The van der Waals surface area contributed by atoms with Gasteiger partial charge >= 0.3 is 5.97 Å². The first-order valence-electron chi connectivity index (χ1n) is 21.9. The summed E-state index contributed by atoms with van der Waals surface area (Å²) in [7, 11) is 3.83. The van der Waals surface area contributed by atoms with Gasteiger partial charge in [0.05, 0.1) is 53.6 Å². The van der Waals surface area contributed by atoms with Crippen LogP contribution in [-0.2, 0) is 49.5 Å². The molecular weight excluding hydrogens is 847 g/mol. The number of hydrogen-bond donors (Lipinski definition) is 2. The molecule has 0 saturated carbocycles. The second-order valence-electron chi connectivity index (χ2n) is 18.1. The van der Waals surface area contributed by atoms with Crippen molar-refractivity contribution in [2.45, 2.75) is 141 Å². The predicted molar refractivity (Wildman–Crippen MR) is 241 cm³/mol. The van der Waals surface area contributed by atoms with E-state index in [4.69, 9.17) is 39.0 Å². The van der Waals surface area contributed by atoms with Gasteiger partial charge in [-0.1, -0.05) is 32.0 Å². The summed E-state index contributed by atoms with van der Waals surface area (Å²) in [6, 6.07) is 13.2. The Morgan fingerprint density at radius 3 is 2.46 bits per heavy atom. The number of hydrogen-bond acceptors (Lipinski definition) is 17.